The Labute approximate surface area is 125 Å². The van der Waals surface area contributed by atoms with Gasteiger partial charge in [0.2, 0.25) is 5.91 Å². The van der Waals surface area contributed by atoms with Crippen LogP contribution in [0.25, 0.3) is 0 Å². The summed E-state index contributed by atoms with van der Waals surface area (Å²) in [6.45, 7) is 3.56. The predicted octanol–water partition coefficient (Wildman–Crippen LogP) is 2.11. The lowest BCUT2D eigenvalue weighted by Gasteiger charge is -2.16. The minimum absolute atomic E-state index is 0.0195. The molecule has 0 spiro atoms. The quantitative estimate of drug-likeness (QED) is 0.782. The Morgan fingerprint density at radius 1 is 1.33 bits per heavy atom. The van der Waals surface area contributed by atoms with E-state index in [4.69, 9.17) is 4.74 Å². The van der Waals surface area contributed by atoms with E-state index in [9.17, 15) is 9.59 Å². The third-order valence-electron chi connectivity index (χ3n) is 3.44. The molecule has 0 bridgehead atoms. The largest absolute Gasteiger partial charge is 0.484 e. The lowest BCUT2D eigenvalue weighted by Crippen LogP contribution is -2.29. The standard InChI is InChI=1S/C16H22N2O3/c1-2-3-10-17-15(19)12-21-14-8-6-13(7-9-14)18-11-4-5-16(18)20/h6-9H,2-5,10-12H2,1H3,(H,17,19). The Morgan fingerprint density at radius 3 is 2.71 bits per heavy atom. The number of benzene rings is 1. The van der Waals surface area contributed by atoms with Gasteiger partial charge in [-0.2, -0.15) is 0 Å². The molecular weight excluding hydrogens is 268 g/mol. The van der Waals surface area contributed by atoms with Gasteiger partial charge in [0.1, 0.15) is 5.75 Å². The van der Waals surface area contributed by atoms with Crippen molar-refractivity contribution in [2.45, 2.75) is 32.6 Å². The second-order valence-electron chi connectivity index (χ2n) is 5.14. The van der Waals surface area contributed by atoms with Gasteiger partial charge in [-0.1, -0.05) is 13.3 Å². The molecule has 0 aliphatic carbocycles. The zero-order chi connectivity index (χ0) is 15.1. The van der Waals surface area contributed by atoms with E-state index in [2.05, 4.69) is 12.2 Å². The predicted molar refractivity (Wildman–Crippen MR) is 81.4 cm³/mol. The van der Waals surface area contributed by atoms with Crippen molar-refractivity contribution in [3.8, 4) is 5.75 Å². The molecule has 21 heavy (non-hydrogen) atoms. The highest BCUT2D eigenvalue weighted by molar-refractivity contribution is 5.95. The molecule has 0 saturated carbocycles. The van der Waals surface area contributed by atoms with E-state index < -0.39 is 0 Å². The van der Waals surface area contributed by atoms with E-state index in [1.54, 1.807) is 17.0 Å². The summed E-state index contributed by atoms with van der Waals surface area (Å²) in [4.78, 5) is 24.9. The Balaban J connectivity index is 1.80. The average molecular weight is 290 g/mol. The molecule has 0 radical (unpaired) electrons. The average Bonchev–Trinajstić information content (AvgIpc) is 2.92. The molecule has 1 aliphatic rings. The van der Waals surface area contributed by atoms with E-state index in [0.717, 1.165) is 31.5 Å². The van der Waals surface area contributed by atoms with Crippen molar-refractivity contribution in [1.82, 2.24) is 5.32 Å². The van der Waals surface area contributed by atoms with Crippen LogP contribution in [0.3, 0.4) is 0 Å². The van der Waals surface area contributed by atoms with Crippen LogP contribution in [0, 0.1) is 0 Å². The van der Waals surface area contributed by atoms with Crippen molar-refractivity contribution in [3.05, 3.63) is 24.3 Å². The van der Waals surface area contributed by atoms with Crippen LogP contribution in [0.1, 0.15) is 32.6 Å². The van der Waals surface area contributed by atoms with Crippen LogP contribution < -0.4 is 15.0 Å². The van der Waals surface area contributed by atoms with E-state index in [0.29, 0.717) is 18.7 Å². The van der Waals surface area contributed by atoms with Gasteiger partial charge in [0.05, 0.1) is 0 Å². The summed E-state index contributed by atoms with van der Waals surface area (Å²) in [5.74, 6) is 0.692. The molecule has 1 saturated heterocycles. The van der Waals surface area contributed by atoms with Crippen LogP contribution >= 0.6 is 0 Å². The maximum absolute atomic E-state index is 11.6. The van der Waals surface area contributed by atoms with Crippen LogP contribution in [-0.2, 0) is 9.59 Å². The van der Waals surface area contributed by atoms with Crippen LogP contribution in [0.4, 0.5) is 5.69 Å². The van der Waals surface area contributed by atoms with Gasteiger partial charge in [0.25, 0.3) is 5.91 Å². The summed E-state index contributed by atoms with van der Waals surface area (Å²) in [6.07, 6.45) is 3.56. The van der Waals surface area contributed by atoms with Crippen LogP contribution in [0.5, 0.6) is 5.75 Å². The molecule has 1 fully saturated rings. The molecule has 0 unspecified atom stereocenters. The number of hydrogen-bond acceptors (Lipinski definition) is 3. The highest BCUT2D eigenvalue weighted by Crippen LogP contribution is 2.23. The minimum Gasteiger partial charge on any atom is -0.484 e. The number of carbonyl (C=O) groups excluding carboxylic acids is 2. The monoisotopic (exact) mass is 290 g/mol. The molecule has 2 rings (SSSR count). The first-order valence-corrected chi connectivity index (χ1v) is 7.50. The van der Waals surface area contributed by atoms with E-state index in [1.807, 2.05) is 12.1 Å². The number of nitrogens with zero attached hydrogens (tertiary/aromatic N) is 1. The molecule has 1 aromatic carbocycles. The second-order valence-corrected chi connectivity index (χ2v) is 5.14. The number of hydrogen-bond donors (Lipinski definition) is 1. The van der Waals surface area contributed by atoms with Crippen molar-refractivity contribution < 1.29 is 14.3 Å². The normalized spacial score (nSPS) is 14.3. The SMILES string of the molecule is CCCCNC(=O)COc1ccc(N2CCCC2=O)cc1. The van der Waals surface area contributed by atoms with Crippen molar-refractivity contribution in [2.75, 3.05) is 24.6 Å². The van der Waals surface area contributed by atoms with Gasteiger partial charge in [0, 0.05) is 25.2 Å². The van der Waals surface area contributed by atoms with Crippen molar-refractivity contribution in [2.24, 2.45) is 0 Å². The highest BCUT2D eigenvalue weighted by Gasteiger charge is 2.21. The smallest absolute Gasteiger partial charge is 0.257 e. The van der Waals surface area contributed by atoms with Crippen molar-refractivity contribution in [1.29, 1.82) is 0 Å². The van der Waals surface area contributed by atoms with Crippen LogP contribution in [-0.4, -0.2) is 31.5 Å². The van der Waals surface area contributed by atoms with Gasteiger partial charge in [-0.25, -0.2) is 0 Å². The van der Waals surface area contributed by atoms with Gasteiger partial charge < -0.3 is 15.0 Å². The molecule has 2 amide bonds. The van der Waals surface area contributed by atoms with E-state index >= 15 is 0 Å². The summed E-state index contributed by atoms with van der Waals surface area (Å²) in [7, 11) is 0. The zero-order valence-electron chi connectivity index (χ0n) is 12.4. The molecule has 1 aromatic rings. The number of rotatable bonds is 7. The van der Waals surface area contributed by atoms with Crippen molar-refractivity contribution in [3.63, 3.8) is 0 Å². The fourth-order valence-corrected chi connectivity index (χ4v) is 2.25. The van der Waals surface area contributed by atoms with Gasteiger partial charge in [-0.05, 0) is 37.1 Å². The number of amides is 2. The Kier molecular flexibility index (Phi) is 5.60. The number of nitrogens with one attached hydrogen (secondary N) is 1. The summed E-state index contributed by atoms with van der Waals surface area (Å²) in [6, 6.07) is 7.29. The molecule has 5 nitrogen and oxygen atoms in total. The van der Waals surface area contributed by atoms with Crippen LogP contribution in [0.15, 0.2) is 24.3 Å². The first-order valence-electron chi connectivity index (χ1n) is 7.50. The maximum atomic E-state index is 11.6. The molecule has 0 aromatic heterocycles. The lowest BCUT2D eigenvalue weighted by molar-refractivity contribution is -0.123. The van der Waals surface area contributed by atoms with E-state index in [-0.39, 0.29) is 18.4 Å². The van der Waals surface area contributed by atoms with Gasteiger partial charge in [0.15, 0.2) is 6.61 Å². The molecule has 1 heterocycles. The Hall–Kier alpha value is -2.04. The first kappa shape index (κ1) is 15.4. The molecule has 5 heteroatoms. The number of carbonyl (C=O) groups is 2. The molecule has 1 N–H and O–H groups in total. The first-order chi connectivity index (χ1) is 10.2. The fraction of sp³-hybridized carbons (Fsp3) is 0.500. The summed E-state index contributed by atoms with van der Waals surface area (Å²) in [5.41, 5.74) is 0.886. The molecule has 0 atom stereocenters. The number of ether oxygens (including phenoxy) is 1. The molecule has 1 aliphatic heterocycles. The molecule has 114 valence electrons. The number of anilines is 1. The topological polar surface area (TPSA) is 58.6 Å². The van der Waals surface area contributed by atoms with Gasteiger partial charge in [-0.15, -0.1) is 0 Å². The summed E-state index contributed by atoms with van der Waals surface area (Å²) >= 11 is 0. The van der Waals surface area contributed by atoms with Gasteiger partial charge in [-0.3, -0.25) is 9.59 Å². The maximum Gasteiger partial charge on any atom is 0.257 e. The minimum atomic E-state index is -0.109. The van der Waals surface area contributed by atoms with Crippen LogP contribution in [0.2, 0.25) is 0 Å². The fourth-order valence-electron chi connectivity index (χ4n) is 2.25. The van der Waals surface area contributed by atoms with E-state index in [1.165, 1.54) is 0 Å². The third kappa shape index (κ3) is 4.48. The third-order valence-corrected chi connectivity index (χ3v) is 3.44. The summed E-state index contributed by atoms with van der Waals surface area (Å²) < 4.78 is 5.43. The lowest BCUT2D eigenvalue weighted by atomic mass is 10.3. The van der Waals surface area contributed by atoms with Gasteiger partial charge >= 0.3 is 0 Å². The molecular formula is C16H22N2O3. The Bertz CT molecular complexity index is 485. The Morgan fingerprint density at radius 2 is 2.10 bits per heavy atom. The van der Waals surface area contributed by atoms with Crippen molar-refractivity contribution >= 4 is 17.5 Å². The number of unbranched alkanes of at least 4 members (excludes halogenated alkanes) is 1. The highest BCUT2D eigenvalue weighted by atomic mass is 16.5. The zero-order valence-corrected chi connectivity index (χ0v) is 12.4. The second kappa shape index (κ2) is 7.67. The summed E-state index contributed by atoms with van der Waals surface area (Å²) in [5, 5.41) is 2.80.